The first-order chi connectivity index (χ1) is 8.56. The fourth-order valence-corrected chi connectivity index (χ4v) is 2.99. The SMILES string of the molecule is CC.Cc1ccc(N2CC(C)OC(C)C2)c(Br)c1. The van der Waals surface area contributed by atoms with Gasteiger partial charge in [-0.2, -0.15) is 0 Å². The monoisotopic (exact) mass is 313 g/mol. The Morgan fingerprint density at radius 3 is 2.22 bits per heavy atom. The molecule has 2 rings (SSSR count). The molecule has 1 aromatic carbocycles. The Morgan fingerprint density at radius 2 is 1.72 bits per heavy atom. The van der Waals surface area contributed by atoms with E-state index in [0.29, 0.717) is 12.2 Å². The van der Waals surface area contributed by atoms with Crippen molar-refractivity contribution in [2.45, 2.75) is 46.8 Å². The van der Waals surface area contributed by atoms with Crippen molar-refractivity contribution < 1.29 is 4.74 Å². The van der Waals surface area contributed by atoms with Crippen molar-refractivity contribution in [3.63, 3.8) is 0 Å². The zero-order valence-corrected chi connectivity index (χ0v) is 13.6. The minimum atomic E-state index is 0.303. The number of anilines is 1. The van der Waals surface area contributed by atoms with Crippen molar-refractivity contribution in [1.29, 1.82) is 0 Å². The lowest BCUT2D eigenvalue weighted by Crippen LogP contribution is -2.45. The fourth-order valence-electron chi connectivity index (χ4n) is 2.24. The van der Waals surface area contributed by atoms with Gasteiger partial charge in [0.2, 0.25) is 0 Å². The third-order valence-corrected chi connectivity index (χ3v) is 3.50. The molecular weight excluding hydrogens is 290 g/mol. The van der Waals surface area contributed by atoms with Crippen molar-refractivity contribution in [3.05, 3.63) is 28.2 Å². The van der Waals surface area contributed by atoms with Gasteiger partial charge in [-0.3, -0.25) is 0 Å². The van der Waals surface area contributed by atoms with Crippen LogP contribution < -0.4 is 4.90 Å². The third kappa shape index (κ3) is 3.99. The molecule has 2 unspecified atom stereocenters. The van der Waals surface area contributed by atoms with Gasteiger partial charge in [-0.1, -0.05) is 19.9 Å². The van der Waals surface area contributed by atoms with E-state index in [-0.39, 0.29) is 0 Å². The average Bonchev–Trinajstić information content (AvgIpc) is 2.30. The number of aryl methyl sites for hydroxylation is 1. The number of morpholine rings is 1. The molecule has 2 nitrogen and oxygen atoms in total. The standard InChI is InChI=1S/C13H18BrNO.C2H6/c1-9-4-5-13(12(14)6-9)15-7-10(2)16-11(3)8-15;1-2/h4-6,10-11H,7-8H2,1-3H3;1-2H3. The molecule has 0 bridgehead atoms. The number of halogens is 1. The highest BCUT2D eigenvalue weighted by Gasteiger charge is 2.23. The molecule has 0 N–H and O–H groups in total. The van der Waals surface area contributed by atoms with Crippen LogP contribution in [0.5, 0.6) is 0 Å². The van der Waals surface area contributed by atoms with Gasteiger partial charge in [0.15, 0.2) is 0 Å². The Morgan fingerprint density at radius 1 is 1.17 bits per heavy atom. The van der Waals surface area contributed by atoms with Crippen molar-refractivity contribution in [2.75, 3.05) is 18.0 Å². The molecule has 102 valence electrons. The number of nitrogens with zero attached hydrogens (tertiary/aromatic N) is 1. The van der Waals surface area contributed by atoms with Crippen LogP contribution in [0.2, 0.25) is 0 Å². The van der Waals surface area contributed by atoms with Crippen molar-refractivity contribution >= 4 is 21.6 Å². The summed E-state index contributed by atoms with van der Waals surface area (Å²) >= 11 is 3.64. The van der Waals surface area contributed by atoms with Crippen molar-refractivity contribution in [2.24, 2.45) is 0 Å². The number of ether oxygens (including phenoxy) is 1. The topological polar surface area (TPSA) is 12.5 Å². The zero-order chi connectivity index (χ0) is 13.7. The molecule has 0 aliphatic carbocycles. The van der Waals surface area contributed by atoms with E-state index in [0.717, 1.165) is 13.1 Å². The summed E-state index contributed by atoms with van der Waals surface area (Å²) in [6, 6.07) is 6.51. The summed E-state index contributed by atoms with van der Waals surface area (Å²) in [5.41, 5.74) is 2.55. The second-order valence-corrected chi connectivity index (χ2v) is 5.47. The minimum Gasteiger partial charge on any atom is -0.372 e. The molecule has 3 heteroatoms. The Kier molecular flexibility index (Phi) is 6.16. The lowest BCUT2D eigenvalue weighted by molar-refractivity contribution is -0.00525. The average molecular weight is 314 g/mol. The molecular formula is C15H24BrNO. The summed E-state index contributed by atoms with van der Waals surface area (Å²) in [6.07, 6.45) is 0.605. The number of hydrogen-bond donors (Lipinski definition) is 0. The molecule has 0 aromatic heterocycles. The van der Waals surface area contributed by atoms with E-state index in [4.69, 9.17) is 4.74 Å². The Labute approximate surface area is 119 Å². The smallest absolute Gasteiger partial charge is 0.0726 e. The summed E-state index contributed by atoms with van der Waals surface area (Å²) in [5, 5.41) is 0. The molecule has 0 saturated carbocycles. The molecule has 2 atom stereocenters. The molecule has 1 saturated heterocycles. The van der Waals surface area contributed by atoms with Gasteiger partial charge < -0.3 is 9.64 Å². The van der Waals surface area contributed by atoms with Crippen LogP contribution in [0.4, 0.5) is 5.69 Å². The maximum Gasteiger partial charge on any atom is 0.0726 e. The van der Waals surface area contributed by atoms with Crippen LogP contribution in [0.1, 0.15) is 33.3 Å². The summed E-state index contributed by atoms with van der Waals surface area (Å²) < 4.78 is 6.92. The van der Waals surface area contributed by atoms with Gasteiger partial charge in [0.25, 0.3) is 0 Å². The second-order valence-electron chi connectivity index (χ2n) is 4.62. The van der Waals surface area contributed by atoms with E-state index in [1.807, 2.05) is 13.8 Å². The molecule has 1 aromatic rings. The first-order valence-electron chi connectivity index (χ1n) is 6.73. The molecule has 1 aliphatic heterocycles. The van der Waals surface area contributed by atoms with Gasteiger partial charge in [-0.15, -0.1) is 0 Å². The molecule has 1 aliphatic rings. The van der Waals surface area contributed by atoms with Gasteiger partial charge in [-0.05, 0) is 54.4 Å². The Bertz CT molecular complexity index is 371. The van der Waals surface area contributed by atoms with Crippen molar-refractivity contribution in [1.82, 2.24) is 0 Å². The molecule has 1 fully saturated rings. The number of benzene rings is 1. The van der Waals surface area contributed by atoms with E-state index in [9.17, 15) is 0 Å². The maximum absolute atomic E-state index is 5.74. The lowest BCUT2D eigenvalue weighted by Gasteiger charge is -2.37. The first kappa shape index (κ1) is 15.5. The molecule has 1 heterocycles. The van der Waals surface area contributed by atoms with Crippen molar-refractivity contribution in [3.8, 4) is 0 Å². The highest BCUT2D eigenvalue weighted by Crippen LogP contribution is 2.29. The van der Waals surface area contributed by atoms with Gasteiger partial charge in [-0.25, -0.2) is 0 Å². The van der Waals surface area contributed by atoms with Gasteiger partial charge >= 0.3 is 0 Å². The van der Waals surface area contributed by atoms with Crippen LogP contribution in [-0.4, -0.2) is 25.3 Å². The predicted octanol–water partition coefficient (Wildman–Crippen LogP) is 4.40. The molecule has 0 spiro atoms. The van der Waals surface area contributed by atoms with Gasteiger partial charge in [0.05, 0.1) is 17.9 Å². The van der Waals surface area contributed by atoms with Gasteiger partial charge in [0, 0.05) is 17.6 Å². The summed E-state index contributed by atoms with van der Waals surface area (Å²) in [5.74, 6) is 0. The van der Waals surface area contributed by atoms with E-state index < -0.39 is 0 Å². The minimum absolute atomic E-state index is 0.303. The van der Waals surface area contributed by atoms with Crippen LogP contribution >= 0.6 is 15.9 Å². The van der Waals surface area contributed by atoms with Crippen LogP contribution in [0.3, 0.4) is 0 Å². The van der Waals surface area contributed by atoms with E-state index >= 15 is 0 Å². The first-order valence-corrected chi connectivity index (χ1v) is 7.52. The Hall–Kier alpha value is -0.540. The Balaban J connectivity index is 0.000000771. The number of hydrogen-bond acceptors (Lipinski definition) is 2. The summed E-state index contributed by atoms with van der Waals surface area (Å²) in [7, 11) is 0. The number of rotatable bonds is 1. The van der Waals surface area contributed by atoms with Crippen LogP contribution in [0.25, 0.3) is 0 Å². The quantitative estimate of drug-likeness (QED) is 0.762. The highest BCUT2D eigenvalue weighted by atomic mass is 79.9. The molecule has 0 amide bonds. The predicted molar refractivity (Wildman–Crippen MR) is 82.4 cm³/mol. The van der Waals surface area contributed by atoms with Crippen LogP contribution in [0.15, 0.2) is 22.7 Å². The fraction of sp³-hybridized carbons (Fsp3) is 0.600. The molecule has 0 radical (unpaired) electrons. The van der Waals surface area contributed by atoms with Crippen LogP contribution in [-0.2, 0) is 4.74 Å². The van der Waals surface area contributed by atoms with Gasteiger partial charge in [0.1, 0.15) is 0 Å². The normalized spacial score (nSPS) is 23.3. The summed E-state index contributed by atoms with van der Waals surface area (Å²) in [6.45, 7) is 12.3. The van der Waals surface area contributed by atoms with E-state index in [1.54, 1.807) is 0 Å². The third-order valence-electron chi connectivity index (χ3n) is 2.86. The second kappa shape index (κ2) is 7.15. The molecule has 18 heavy (non-hydrogen) atoms. The highest BCUT2D eigenvalue weighted by molar-refractivity contribution is 9.10. The lowest BCUT2D eigenvalue weighted by atomic mass is 10.1. The largest absolute Gasteiger partial charge is 0.372 e. The van der Waals surface area contributed by atoms with E-state index in [2.05, 4.69) is 59.8 Å². The maximum atomic E-state index is 5.74. The van der Waals surface area contributed by atoms with Crippen LogP contribution in [0, 0.1) is 6.92 Å². The zero-order valence-electron chi connectivity index (χ0n) is 12.0. The van der Waals surface area contributed by atoms with E-state index in [1.165, 1.54) is 15.7 Å². The summed E-state index contributed by atoms with van der Waals surface area (Å²) in [4.78, 5) is 2.39.